The summed E-state index contributed by atoms with van der Waals surface area (Å²) in [5.74, 6) is 0.567. The summed E-state index contributed by atoms with van der Waals surface area (Å²) in [6.45, 7) is 1.67. The van der Waals surface area contributed by atoms with Crippen molar-refractivity contribution in [1.29, 1.82) is 0 Å². The van der Waals surface area contributed by atoms with Crippen LogP contribution in [0.15, 0.2) is 59.1 Å². The molecule has 122 valence electrons. The van der Waals surface area contributed by atoms with Crippen LogP contribution in [0.2, 0.25) is 5.02 Å². The Balaban J connectivity index is 1.68. The summed E-state index contributed by atoms with van der Waals surface area (Å²) in [5.41, 5.74) is 0.847. The summed E-state index contributed by atoms with van der Waals surface area (Å²) in [7, 11) is 0. The average Bonchev–Trinajstić information content (AvgIpc) is 2.58. The Morgan fingerprint density at radius 1 is 1.12 bits per heavy atom. The highest BCUT2D eigenvalue weighted by Gasteiger charge is 2.10. The monoisotopic (exact) mass is 404 g/mol. The summed E-state index contributed by atoms with van der Waals surface area (Å²) in [4.78, 5) is 12.0. The van der Waals surface area contributed by atoms with Crippen molar-refractivity contribution in [3.8, 4) is 11.5 Å². The molecular formula is C19H14BrClO3. The van der Waals surface area contributed by atoms with E-state index < -0.39 is 5.97 Å². The number of esters is 1. The topological polar surface area (TPSA) is 35.5 Å². The predicted molar refractivity (Wildman–Crippen MR) is 99.0 cm³/mol. The van der Waals surface area contributed by atoms with Crippen LogP contribution in [0.25, 0.3) is 10.8 Å². The molecule has 0 heterocycles. The van der Waals surface area contributed by atoms with Gasteiger partial charge in [-0.1, -0.05) is 41.9 Å². The number of halogens is 2. The van der Waals surface area contributed by atoms with Gasteiger partial charge < -0.3 is 9.47 Å². The highest BCUT2D eigenvalue weighted by molar-refractivity contribution is 9.10. The van der Waals surface area contributed by atoms with Gasteiger partial charge in [0, 0.05) is 5.02 Å². The molecule has 0 saturated carbocycles. The van der Waals surface area contributed by atoms with Crippen molar-refractivity contribution in [2.24, 2.45) is 0 Å². The molecule has 0 aliphatic carbocycles. The molecule has 5 heteroatoms. The first-order valence-electron chi connectivity index (χ1n) is 7.31. The van der Waals surface area contributed by atoms with E-state index in [0.29, 0.717) is 16.5 Å². The van der Waals surface area contributed by atoms with Gasteiger partial charge in [-0.25, -0.2) is 4.79 Å². The van der Waals surface area contributed by atoms with E-state index in [0.717, 1.165) is 20.8 Å². The number of aryl methyl sites for hydroxylation is 1. The quantitative estimate of drug-likeness (QED) is 0.422. The normalized spacial score (nSPS) is 10.6. The van der Waals surface area contributed by atoms with E-state index in [2.05, 4.69) is 15.9 Å². The Hall–Kier alpha value is -2.04. The second kappa shape index (κ2) is 7.24. The minimum atomic E-state index is -0.475. The molecule has 0 spiro atoms. The van der Waals surface area contributed by atoms with Gasteiger partial charge in [-0.15, -0.1) is 0 Å². The lowest BCUT2D eigenvalue weighted by Gasteiger charge is -2.10. The molecule has 0 aliphatic rings. The van der Waals surface area contributed by atoms with E-state index in [1.807, 2.05) is 43.3 Å². The van der Waals surface area contributed by atoms with Crippen LogP contribution in [0, 0.1) is 6.92 Å². The van der Waals surface area contributed by atoms with Crippen LogP contribution in [-0.2, 0) is 4.79 Å². The van der Waals surface area contributed by atoms with Gasteiger partial charge in [0.1, 0.15) is 11.5 Å². The number of hydrogen-bond donors (Lipinski definition) is 0. The largest absolute Gasteiger partial charge is 0.481 e. The summed E-state index contributed by atoms with van der Waals surface area (Å²) in [6, 6.07) is 16.8. The Bertz CT molecular complexity index is 908. The van der Waals surface area contributed by atoms with Crippen LogP contribution in [-0.4, -0.2) is 12.6 Å². The summed E-state index contributed by atoms with van der Waals surface area (Å²) >= 11 is 9.48. The van der Waals surface area contributed by atoms with Gasteiger partial charge >= 0.3 is 5.97 Å². The highest BCUT2D eigenvalue weighted by Crippen LogP contribution is 2.33. The molecule has 0 atom stereocenters. The third-order valence-electron chi connectivity index (χ3n) is 3.53. The number of carbonyl (C=O) groups is 1. The summed E-state index contributed by atoms with van der Waals surface area (Å²) in [6.07, 6.45) is 0. The second-order valence-corrected chi connectivity index (χ2v) is 6.47. The lowest BCUT2D eigenvalue weighted by molar-refractivity contribution is -0.136. The molecule has 0 bridgehead atoms. The van der Waals surface area contributed by atoms with Crippen molar-refractivity contribution >= 4 is 44.3 Å². The maximum atomic E-state index is 12.0. The molecule has 0 unspecified atom stereocenters. The first-order chi connectivity index (χ1) is 11.5. The SMILES string of the molecule is Cc1cc(OC(=O)COc2ccc3ccccc3c2Br)ccc1Cl. The minimum Gasteiger partial charge on any atom is -0.481 e. The van der Waals surface area contributed by atoms with Crippen molar-refractivity contribution in [3.05, 3.63) is 69.7 Å². The number of hydrogen-bond acceptors (Lipinski definition) is 3. The molecule has 0 aliphatic heterocycles. The summed E-state index contributed by atoms with van der Waals surface area (Å²) < 4.78 is 11.7. The predicted octanol–water partition coefficient (Wildman–Crippen LogP) is 5.55. The second-order valence-electron chi connectivity index (χ2n) is 5.27. The van der Waals surface area contributed by atoms with Crippen molar-refractivity contribution in [3.63, 3.8) is 0 Å². The zero-order valence-electron chi connectivity index (χ0n) is 12.9. The molecule has 3 rings (SSSR count). The van der Waals surface area contributed by atoms with Gasteiger partial charge in [-0.3, -0.25) is 0 Å². The van der Waals surface area contributed by atoms with E-state index in [9.17, 15) is 4.79 Å². The molecule has 0 saturated heterocycles. The molecule has 3 nitrogen and oxygen atoms in total. The molecule has 0 aromatic heterocycles. The van der Waals surface area contributed by atoms with Crippen LogP contribution in [0.3, 0.4) is 0 Å². The maximum absolute atomic E-state index is 12.0. The fourth-order valence-electron chi connectivity index (χ4n) is 2.30. The maximum Gasteiger partial charge on any atom is 0.349 e. The van der Waals surface area contributed by atoms with E-state index in [1.54, 1.807) is 18.2 Å². The first-order valence-corrected chi connectivity index (χ1v) is 8.48. The fraction of sp³-hybridized carbons (Fsp3) is 0.105. The van der Waals surface area contributed by atoms with E-state index in [1.165, 1.54) is 0 Å². The van der Waals surface area contributed by atoms with Gasteiger partial charge in [-0.05, 0) is 63.5 Å². The zero-order valence-corrected chi connectivity index (χ0v) is 15.2. The number of benzene rings is 3. The van der Waals surface area contributed by atoms with Gasteiger partial charge in [0.15, 0.2) is 6.61 Å². The van der Waals surface area contributed by atoms with Gasteiger partial charge in [-0.2, -0.15) is 0 Å². The minimum absolute atomic E-state index is 0.182. The van der Waals surface area contributed by atoms with Crippen molar-refractivity contribution in [1.82, 2.24) is 0 Å². The van der Waals surface area contributed by atoms with Crippen LogP contribution in [0.4, 0.5) is 0 Å². The Morgan fingerprint density at radius 2 is 1.92 bits per heavy atom. The Morgan fingerprint density at radius 3 is 2.71 bits per heavy atom. The van der Waals surface area contributed by atoms with Crippen LogP contribution < -0.4 is 9.47 Å². The molecular weight excluding hydrogens is 392 g/mol. The van der Waals surface area contributed by atoms with E-state index in [-0.39, 0.29) is 6.61 Å². The van der Waals surface area contributed by atoms with Crippen LogP contribution >= 0.6 is 27.5 Å². The fourth-order valence-corrected chi connectivity index (χ4v) is 3.03. The van der Waals surface area contributed by atoms with Crippen molar-refractivity contribution < 1.29 is 14.3 Å². The van der Waals surface area contributed by atoms with Gasteiger partial charge in [0.25, 0.3) is 0 Å². The standard InChI is InChI=1S/C19H14BrClO3/c1-12-10-14(7-8-16(12)21)24-18(22)11-23-17-9-6-13-4-2-3-5-15(13)19(17)20/h2-10H,11H2,1H3. The van der Waals surface area contributed by atoms with Gasteiger partial charge in [0.2, 0.25) is 0 Å². The number of ether oxygens (including phenoxy) is 2. The molecule has 3 aromatic carbocycles. The number of rotatable bonds is 4. The van der Waals surface area contributed by atoms with Crippen LogP contribution in [0.5, 0.6) is 11.5 Å². The number of fused-ring (bicyclic) bond motifs is 1. The third-order valence-corrected chi connectivity index (χ3v) is 4.78. The average molecular weight is 406 g/mol. The summed E-state index contributed by atoms with van der Waals surface area (Å²) in [5, 5.41) is 2.75. The van der Waals surface area contributed by atoms with Crippen molar-refractivity contribution in [2.75, 3.05) is 6.61 Å². The molecule has 24 heavy (non-hydrogen) atoms. The number of carbonyl (C=O) groups excluding carboxylic acids is 1. The Labute approximate surface area is 153 Å². The molecule has 0 radical (unpaired) electrons. The first kappa shape index (κ1) is 16.8. The van der Waals surface area contributed by atoms with Gasteiger partial charge in [0.05, 0.1) is 4.47 Å². The molecule has 0 N–H and O–H groups in total. The lowest BCUT2D eigenvalue weighted by atomic mass is 10.1. The third kappa shape index (κ3) is 3.71. The molecule has 0 fully saturated rings. The smallest absolute Gasteiger partial charge is 0.349 e. The van der Waals surface area contributed by atoms with Crippen molar-refractivity contribution in [2.45, 2.75) is 6.92 Å². The molecule has 0 amide bonds. The zero-order chi connectivity index (χ0) is 17.1. The Kier molecular flexibility index (Phi) is 5.07. The highest BCUT2D eigenvalue weighted by atomic mass is 79.9. The van der Waals surface area contributed by atoms with Crippen LogP contribution in [0.1, 0.15) is 5.56 Å². The van der Waals surface area contributed by atoms with E-state index in [4.69, 9.17) is 21.1 Å². The van der Waals surface area contributed by atoms with E-state index >= 15 is 0 Å². The lowest BCUT2D eigenvalue weighted by Crippen LogP contribution is -2.17. The molecule has 3 aromatic rings.